The van der Waals surface area contributed by atoms with Crippen LogP contribution in [0.3, 0.4) is 0 Å². The molecule has 2 saturated heterocycles. The zero-order valence-corrected chi connectivity index (χ0v) is 39.8. The number of rotatable bonds is 15. The summed E-state index contributed by atoms with van der Waals surface area (Å²) in [5.74, 6) is 2.20. The highest BCUT2D eigenvalue weighted by atomic mass is 16.5. The lowest BCUT2D eigenvalue weighted by Gasteiger charge is -2.25. The van der Waals surface area contributed by atoms with Crippen LogP contribution in [0, 0.1) is 11.3 Å². The molecule has 0 saturated carbocycles. The Hall–Kier alpha value is -5.48. The Balaban J connectivity index is 0.000000208. The summed E-state index contributed by atoms with van der Waals surface area (Å²) < 4.78 is 19.5. The molecule has 6 aromatic heterocycles. The maximum absolute atomic E-state index is 12.6. The van der Waals surface area contributed by atoms with E-state index in [1.807, 2.05) is 18.4 Å². The Labute approximate surface area is 383 Å². The molecule has 2 unspecified atom stereocenters. The summed E-state index contributed by atoms with van der Waals surface area (Å²) in [5.41, 5.74) is 17.0. The Morgan fingerprint density at radius 3 is 1.55 bits per heavy atom. The number of pyridine rings is 2. The molecule has 6 aromatic rings. The lowest BCUT2D eigenvalue weighted by molar-refractivity contribution is -0.0316. The Kier molecular flexibility index (Phi) is 17.4. The highest BCUT2D eigenvalue weighted by molar-refractivity contribution is 5.75. The number of imidazole rings is 2. The monoisotopic (exact) mass is 893 g/mol. The topological polar surface area (TPSA) is 202 Å². The van der Waals surface area contributed by atoms with Crippen molar-refractivity contribution in [1.82, 2.24) is 48.2 Å². The average molecular weight is 893 g/mol. The fourth-order valence-electron chi connectivity index (χ4n) is 8.80. The molecule has 0 amide bonds. The van der Waals surface area contributed by atoms with Crippen LogP contribution in [0.25, 0.3) is 22.3 Å². The van der Waals surface area contributed by atoms with Gasteiger partial charge in [-0.15, -0.1) is 0 Å². The smallest absolute Gasteiger partial charge is 0.274 e. The van der Waals surface area contributed by atoms with E-state index in [2.05, 4.69) is 59.1 Å². The quantitative estimate of drug-likeness (QED) is 0.0994. The van der Waals surface area contributed by atoms with E-state index in [1.165, 1.54) is 25.7 Å². The standard InChI is InChI=1S/C25H36N6O2.C22H30N6O2.C2H6/c1-3-8-18(9-4-2)12-13-20-23-24(28-17-27-20)31(22-11-5-6-15-33-22)21(29-23)16-30-14-7-10-19(26)25(30)32;1-22(2,3)10-9-16-19-20(25-14-24-16)28(18-8-4-5-12-30-18)17(26-19)13-27-11-6-7-15(23)21(27)29;1-2/h7,10,14,17-18,22H,3-6,8-9,11-13,15-16,26H2,1-2H3;6-7,11,14,18H,4-5,8-10,12-13,23H2,1-3H3;1-2H3. The minimum Gasteiger partial charge on any atom is -0.394 e. The second-order valence-electron chi connectivity index (χ2n) is 18.3. The van der Waals surface area contributed by atoms with Crippen LogP contribution < -0.4 is 22.6 Å². The van der Waals surface area contributed by atoms with E-state index < -0.39 is 0 Å². The van der Waals surface area contributed by atoms with Crippen LogP contribution in [-0.4, -0.2) is 61.4 Å². The van der Waals surface area contributed by atoms with Gasteiger partial charge in [-0.3, -0.25) is 18.7 Å². The number of fused-ring (bicyclic) bond motifs is 2. The van der Waals surface area contributed by atoms with Crippen LogP contribution in [0.5, 0.6) is 0 Å². The van der Waals surface area contributed by atoms with Crippen molar-refractivity contribution in [3.63, 3.8) is 0 Å². The van der Waals surface area contributed by atoms with Crippen LogP contribution in [0.15, 0.2) is 58.9 Å². The maximum atomic E-state index is 12.6. The van der Waals surface area contributed by atoms with Gasteiger partial charge in [-0.2, -0.15) is 0 Å². The van der Waals surface area contributed by atoms with Crippen molar-refractivity contribution < 1.29 is 9.47 Å². The molecule has 4 N–H and O–H groups in total. The van der Waals surface area contributed by atoms with Crippen LogP contribution in [0.4, 0.5) is 11.4 Å². The molecule has 0 bridgehead atoms. The number of hydrogen-bond acceptors (Lipinski definition) is 12. The maximum Gasteiger partial charge on any atom is 0.274 e. The SMILES string of the molecule is CC.CC(C)(C)CCc1ncnc2c1nc(Cn1cccc(N)c1=O)n2C1CCCCO1.CCCC(CCC)CCc1ncnc2c1nc(Cn1cccc(N)c1=O)n2C1CCCCO1. The van der Waals surface area contributed by atoms with Crippen molar-refractivity contribution in [2.24, 2.45) is 11.3 Å². The highest BCUT2D eigenvalue weighted by Crippen LogP contribution is 2.32. The molecule has 8 heterocycles. The van der Waals surface area contributed by atoms with E-state index in [0.29, 0.717) is 25.6 Å². The van der Waals surface area contributed by atoms with E-state index in [0.717, 1.165) is 116 Å². The van der Waals surface area contributed by atoms with Crippen LogP contribution in [0.2, 0.25) is 0 Å². The summed E-state index contributed by atoms with van der Waals surface area (Å²) >= 11 is 0. The van der Waals surface area contributed by atoms with Gasteiger partial charge in [0.25, 0.3) is 11.1 Å². The molecule has 0 radical (unpaired) electrons. The molecule has 0 aliphatic carbocycles. The van der Waals surface area contributed by atoms with Gasteiger partial charge in [0.1, 0.15) is 47.8 Å². The molecular weight excluding hydrogens is 821 g/mol. The predicted octanol–water partition coefficient (Wildman–Crippen LogP) is 8.79. The normalized spacial score (nSPS) is 16.6. The number of anilines is 2. The minimum atomic E-state index is -0.222. The third-order valence-electron chi connectivity index (χ3n) is 12.2. The fraction of sp³-hybridized carbons (Fsp3) is 0.592. The van der Waals surface area contributed by atoms with Crippen molar-refractivity contribution in [2.75, 3.05) is 24.7 Å². The van der Waals surface area contributed by atoms with Gasteiger partial charge in [0.15, 0.2) is 11.3 Å². The number of nitrogens with zero attached hydrogens (tertiary/aromatic N) is 10. The molecule has 8 rings (SSSR count). The van der Waals surface area contributed by atoms with Crippen molar-refractivity contribution in [1.29, 1.82) is 0 Å². The first-order valence-electron chi connectivity index (χ1n) is 24.0. The number of hydrogen-bond donors (Lipinski definition) is 2. The number of aryl methyl sites for hydroxylation is 2. The molecule has 2 aliphatic rings. The molecule has 2 fully saturated rings. The van der Waals surface area contributed by atoms with Gasteiger partial charge in [-0.25, -0.2) is 29.9 Å². The van der Waals surface area contributed by atoms with Crippen LogP contribution >= 0.6 is 0 Å². The Morgan fingerprint density at radius 2 is 1.14 bits per heavy atom. The van der Waals surface area contributed by atoms with Gasteiger partial charge in [0.2, 0.25) is 0 Å². The lowest BCUT2D eigenvalue weighted by atomic mass is 9.90. The summed E-state index contributed by atoms with van der Waals surface area (Å²) in [4.78, 5) is 53.3. The van der Waals surface area contributed by atoms with E-state index in [4.69, 9.17) is 30.9 Å². The number of aromatic nitrogens is 10. The van der Waals surface area contributed by atoms with E-state index in [9.17, 15) is 9.59 Å². The fourth-order valence-corrected chi connectivity index (χ4v) is 8.80. The van der Waals surface area contributed by atoms with Crippen molar-refractivity contribution in [3.8, 4) is 0 Å². The molecule has 2 aliphatic heterocycles. The first-order valence-corrected chi connectivity index (χ1v) is 24.0. The van der Waals surface area contributed by atoms with Gasteiger partial charge in [0, 0.05) is 25.6 Å². The second kappa shape index (κ2) is 23.1. The largest absolute Gasteiger partial charge is 0.394 e. The van der Waals surface area contributed by atoms with Gasteiger partial charge in [0.05, 0.1) is 35.9 Å². The third kappa shape index (κ3) is 12.3. The lowest BCUT2D eigenvalue weighted by Crippen LogP contribution is -2.26. The average Bonchev–Trinajstić information content (AvgIpc) is 3.87. The second-order valence-corrected chi connectivity index (χ2v) is 18.3. The molecule has 16 heteroatoms. The Morgan fingerprint density at radius 1 is 0.677 bits per heavy atom. The minimum absolute atomic E-state index is 0.133. The molecule has 2 atom stereocenters. The number of nitrogens with two attached hydrogens (primary N) is 2. The predicted molar refractivity (Wildman–Crippen MR) is 258 cm³/mol. The van der Waals surface area contributed by atoms with Crippen molar-refractivity contribution in [3.05, 3.63) is 93.1 Å². The molecule has 65 heavy (non-hydrogen) atoms. The Bertz CT molecular complexity index is 2550. The first-order chi connectivity index (χ1) is 31.5. The summed E-state index contributed by atoms with van der Waals surface area (Å²) in [7, 11) is 0. The van der Waals surface area contributed by atoms with Crippen LogP contribution in [-0.2, 0) is 35.4 Å². The van der Waals surface area contributed by atoms with E-state index in [1.54, 1.807) is 58.4 Å². The molecule has 352 valence electrons. The molecule has 0 aromatic carbocycles. The van der Waals surface area contributed by atoms with E-state index >= 15 is 0 Å². The van der Waals surface area contributed by atoms with Gasteiger partial charge < -0.3 is 30.1 Å². The molecule has 16 nitrogen and oxygen atoms in total. The van der Waals surface area contributed by atoms with Crippen LogP contribution in [0.1, 0.15) is 161 Å². The van der Waals surface area contributed by atoms with Gasteiger partial charge in [-0.05, 0) is 99.8 Å². The number of ether oxygens (including phenoxy) is 2. The van der Waals surface area contributed by atoms with Crippen molar-refractivity contribution >= 4 is 33.7 Å². The van der Waals surface area contributed by atoms with Gasteiger partial charge in [-0.1, -0.05) is 74.1 Å². The zero-order valence-electron chi connectivity index (χ0n) is 39.8. The number of nitrogen functional groups attached to an aromatic ring is 2. The summed E-state index contributed by atoms with van der Waals surface area (Å²) in [6.45, 7) is 17.2. The first kappa shape index (κ1) is 49.0. The summed E-state index contributed by atoms with van der Waals surface area (Å²) in [5, 5.41) is 0. The molecular formula is C49H72N12O4. The van der Waals surface area contributed by atoms with Gasteiger partial charge >= 0.3 is 0 Å². The molecule has 0 spiro atoms. The summed E-state index contributed by atoms with van der Waals surface area (Å²) in [6, 6.07) is 6.80. The zero-order chi connectivity index (χ0) is 46.5. The third-order valence-corrected chi connectivity index (χ3v) is 12.2. The summed E-state index contributed by atoms with van der Waals surface area (Å²) in [6.07, 6.45) is 21.3. The highest BCUT2D eigenvalue weighted by Gasteiger charge is 2.27. The van der Waals surface area contributed by atoms with Crippen molar-refractivity contribution in [2.45, 2.75) is 164 Å². The van der Waals surface area contributed by atoms with E-state index in [-0.39, 0.29) is 40.4 Å².